The Morgan fingerprint density at radius 1 is 1.26 bits per heavy atom. The molecule has 0 aliphatic rings. The average molecular weight is 294 g/mol. The van der Waals surface area contributed by atoms with Gasteiger partial charge in [0.1, 0.15) is 0 Å². The number of nitrogens with one attached hydrogen (secondary N) is 1. The van der Waals surface area contributed by atoms with Gasteiger partial charge in [0, 0.05) is 20.7 Å². The van der Waals surface area contributed by atoms with Crippen molar-refractivity contribution in [2.24, 2.45) is 0 Å². The Bertz CT molecular complexity index is 459. The largest absolute Gasteiger partial charge is 0.309 e. The third-order valence-electron chi connectivity index (χ3n) is 3.24. The topological polar surface area (TPSA) is 12.0 Å². The highest BCUT2D eigenvalue weighted by atomic mass is 32.1. The molecule has 1 N–H and O–H groups in total. The van der Waals surface area contributed by atoms with Gasteiger partial charge in [-0.25, -0.2) is 0 Å². The van der Waals surface area contributed by atoms with E-state index in [-0.39, 0.29) is 0 Å². The standard InChI is InChI=1S/C16H23NS2/c1-3-11-17-15(16-10-9-13(2)19-16)8-4-6-14-7-5-12-18-14/h5,7,9-10,12,15,17H,3-4,6,8,11H2,1-2H3. The van der Waals surface area contributed by atoms with Gasteiger partial charge in [0.2, 0.25) is 0 Å². The molecule has 2 aromatic rings. The molecule has 0 fully saturated rings. The lowest BCUT2D eigenvalue weighted by atomic mass is 10.1. The summed E-state index contributed by atoms with van der Waals surface area (Å²) in [7, 11) is 0. The summed E-state index contributed by atoms with van der Waals surface area (Å²) < 4.78 is 0. The first-order valence-corrected chi connectivity index (χ1v) is 8.81. The predicted molar refractivity (Wildman–Crippen MR) is 87.3 cm³/mol. The van der Waals surface area contributed by atoms with Crippen LogP contribution < -0.4 is 5.32 Å². The second-order valence-corrected chi connectivity index (χ2v) is 7.28. The number of thiophene rings is 2. The van der Waals surface area contributed by atoms with Crippen molar-refractivity contribution in [3.05, 3.63) is 44.3 Å². The fraction of sp³-hybridized carbons (Fsp3) is 0.500. The van der Waals surface area contributed by atoms with Crippen molar-refractivity contribution in [3.8, 4) is 0 Å². The molecular formula is C16H23NS2. The molecule has 1 unspecified atom stereocenters. The molecule has 0 radical (unpaired) electrons. The zero-order valence-corrected chi connectivity index (χ0v) is 13.4. The molecule has 0 bridgehead atoms. The van der Waals surface area contributed by atoms with Crippen molar-refractivity contribution >= 4 is 22.7 Å². The van der Waals surface area contributed by atoms with Gasteiger partial charge in [-0.15, -0.1) is 22.7 Å². The molecule has 0 aromatic carbocycles. The van der Waals surface area contributed by atoms with Crippen molar-refractivity contribution < 1.29 is 0 Å². The first-order valence-electron chi connectivity index (χ1n) is 7.11. The molecule has 104 valence electrons. The molecule has 19 heavy (non-hydrogen) atoms. The predicted octanol–water partition coefficient (Wildman–Crippen LogP) is 5.18. The SMILES string of the molecule is CCCNC(CCCc1cccs1)c1ccc(C)s1. The van der Waals surface area contributed by atoms with E-state index < -0.39 is 0 Å². The van der Waals surface area contributed by atoms with Crippen molar-refractivity contribution in [1.82, 2.24) is 5.32 Å². The van der Waals surface area contributed by atoms with Gasteiger partial charge >= 0.3 is 0 Å². The van der Waals surface area contributed by atoms with E-state index in [0.717, 1.165) is 6.54 Å². The van der Waals surface area contributed by atoms with Crippen molar-refractivity contribution in [1.29, 1.82) is 0 Å². The van der Waals surface area contributed by atoms with Crippen LogP contribution in [0.5, 0.6) is 0 Å². The second kappa shape index (κ2) is 7.83. The molecule has 0 aliphatic heterocycles. The number of hydrogen-bond donors (Lipinski definition) is 1. The number of aryl methyl sites for hydroxylation is 2. The zero-order valence-electron chi connectivity index (χ0n) is 11.8. The molecular weight excluding hydrogens is 270 g/mol. The third-order valence-corrected chi connectivity index (χ3v) is 5.29. The van der Waals surface area contributed by atoms with Gasteiger partial charge in [0.25, 0.3) is 0 Å². The molecule has 0 amide bonds. The molecule has 1 nitrogen and oxygen atoms in total. The summed E-state index contributed by atoms with van der Waals surface area (Å²) in [4.78, 5) is 4.42. The fourth-order valence-electron chi connectivity index (χ4n) is 2.24. The molecule has 1 atom stereocenters. The Morgan fingerprint density at radius 3 is 2.79 bits per heavy atom. The van der Waals surface area contributed by atoms with Crippen LogP contribution in [0.2, 0.25) is 0 Å². The molecule has 2 aromatic heterocycles. The molecule has 0 saturated carbocycles. The van der Waals surface area contributed by atoms with E-state index >= 15 is 0 Å². The van der Waals surface area contributed by atoms with Crippen molar-refractivity contribution in [2.45, 2.75) is 45.6 Å². The number of hydrogen-bond acceptors (Lipinski definition) is 3. The van der Waals surface area contributed by atoms with E-state index in [0.29, 0.717) is 6.04 Å². The number of rotatable bonds is 8. The van der Waals surface area contributed by atoms with E-state index in [1.165, 1.54) is 40.3 Å². The van der Waals surface area contributed by atoms with Crippen LogP contribution in [-0.2, 0) is 6.42 Å². The van der Waals surface area contributed by atoms with Gasteiger partial charge in [-0.3, -0.25) is 0 Å². The summed E-state index contributed by atoms with van der Waals surface area (Å²) in [5, 5.41) is 5.86. The van der Waals surface area contributed by atoms with E-state index in [4.69, 9.17) is 0 Å². The molecule has 0 spiro atoms. The van der Waals surface area contributed by atoms with E-state index in [2.05, 4.69) is 48.8 Å². The van der Waals surface area contributed by atoms with E-state index in [1.807, 2.05) is 22.7 Å². The smallest absolute Gasteiger partial charge is 0.0415 e. The highest BCUT2D eigenvalue weighted by Gasteiger charge is 2.12. The molecule has 0 saturated heterocycles. The van der Waals surface area contributed by atoms with Gasteiger partial charge in [-0.1, -0.05) is 13.0 Å². The van der Waals surface area contributed by atoms with E-state index in [9.17, 15) is 0 Å². The van der Waals surface area contributed by atoms with Crippen molar-refractivity contribution in [2.75, 3.05) is 6.54 Å². The minimum Gasteiger partial charge on any atom is -0.309 e. The lowest BCUT2D eigenvalue weighted by Gasteiger charge is -2.17. The molecule has 0 aliphatic carbocycles. The van der Waals surface area contributed by atoms with Crippen LogP contribution >= 0.6 is 22.7 Å². The monoisotopic (exact) mass is 293 g/mol. The maximum atomic E-state index is 3.69. The maximum Gasteiger partial charge on any atom is 0.0415 e. The van der Waals surface area contributed by atoms with E-state index in [1.54, 1.807) is 0 Å². The first kappa shape index (κ1) is 14.8. The van der Waals surface area contributed by atoms with Crippen molar-refractivity contribution in [3.63, 3.8) is 0 Å². The maximum absolute atomic E-state index is 3.69. The average Bonchev–Trinajstić information content (AvgIpc) is 3.05. The molecule has 3 heteroatoms. The Kier molecular flexibility index (Phi) is 6.08. The third kappa shape index (κ3) is 4.75. The van der Waals surface area contributed by atoms with Crippen LogP contribution in [0.25, 0.3) is 0 Å². The van der Waals surface area contributed by atoms with Crippen LogP contribution in [-0.4, -0.2) is 6.54 Å². The quantitative estimate of drug-likeness (QED) is 0.707. The fourth-order valence-corrected chi connectivity index (χ4v) is 3.98. The van der Waals surface area contributed by atoms with Gasteiger partial charge < -0.3 is 5.32 Å². The summed E-state index contributed by atoms with van der Waals surface area (Å²) in [5.41, 5.74) is 0. The van der Waals surface area contributed by atoms with Crippen LogP contribution in [0.15, 0.2) is 29.6 Å². The summed E-state index contributed by atoms with van der Waals surface area (Å²) in [6.07, 6.45) is 4.91. The summed E-state index contributed by atoms with van der Waals surface area (Å²) in [6, 6.07) is 9.46. The lowest BCUT2D eigenvalue weighted by Crippen LogP contribution is -2.21. The second-order valence-electron chi connectivity index (χ2n) is 4.93. The first-order chi connectivity index (χ1) is 9.29. The summed E-state index contributed by atoms with van der Waals surface area (Å²) in [5.74, 6) is 0. The summed E-state index contributed by atoms with van der Waals surface area (Å²) in [6.45, 7) is 5.53. The minimum absolute atomic E-state index is 0.540. The minimum atomic E-state index is 0.540. The van der Waals surface area contributed by atoms with Crippen LogP contribution in [0.4, 0.5) is 0 Å². The van der Waals surface area contributed by atoms with Gasteiger partial charge in [0.15, 0.2) is 0 Å². The Balaban J connectivity index is 1.86. The molecule has 2 rings (SSSR count). The Morgan fingerprint density at radius 2 is 2.16 bits per heavy atom. The van der Waals surface area contributed by atoms with Crippen LogP contribution in [0.3, 0.4) is 0 Å². The highest BCUT2D eigenvalue weighted by molar-refractivity contribution is 7.12. The molecule has 2 heterocycles. The van der Waals surface area contributed by atoms with Gasteiger partial charge in [0.05, 0.1) is 0 Å². The van der Waals surface area contributed by atoms with Gasteiger partial charge in [-0.2, -0.15) is 0 Å². The Hall–Kier alpha value is -0.640. The Labute approximate surface area is 124 Å². The highest BCUT2D eigenvalue weighted by Crippen LogP contribution is 2.27. The normalized spacial score (nSPS) is 12.7. The zero-order chi connectivity index (χ0) is 13.5. The summed E-state index contributed by atoms with van der Waals surface area (Å²) >= 11 is 3.81. The van der Waals surface area contributed by atoms with Crippen LogP contribution in [0, 0.1) is 6.92 Å². The van der Waals surface area contributed by atoms with Crippen LogP contribution in [0.1, 0.15) is 46.9 Å². The lowest BCUT2D eigenvalue weighted by molar-refractivity contribution is 0.491. The van der Waals surface area contributed by atoms with Gasteiger partial charge in [-0.05, 0) is 62.7 Å².